The van der Waals surface area contributed by atoms with Gasteiger partial charge in [-0.1, -0.05) is 38.4 Å². The van der Waals surface area contributed by atoms with Gasteiger partial charge in [-0.05, 0) is 31.2 Å². The summed E-state index contributed by atoms with van der Waals surface area (Å²) in [5, 5.41) is -0.744. The summed E-state index contributed by atoms with van der Waals surface area (Å²) in [7, 11) is -3.81. The topological polar surface area (TPSA) is 73.1 Å². The largest absolute Gasteiger partial charge is 0.439 e. The molecule has 2 aromatic heterocycles. The highest BCUT2D eigenvalue weighted by Gasteiger charge is 2.33. The van der Waals surface area contributed by atoms with E-state index in [-0.39, 0.29) is 20.9 Å². The summed E-state index contributed by atoms with van der Waals surface area (Å²) in [6.07, 6.45) is 1.57. The van der Waals surface area contributed by atoms with Crippen LogP contribution in [0.1, 0.15) is 44.5 Å². The number of benzene rings is 1. The van der Waals surface area contributed by atoms with E-state index in [1.165, 1.54) is 6.07 Å². The highest BCUT2D eigenvalue weighted by atomic mass is 35.5. The molecule has 0 bridgehead atoms. The second-order valence-corrected chi connectivity index (χ2v) is 9.55. The fourth-order valence-corrected chi connectivity index (χ4v) is 4.51. The van der Waals surface area contributed by atoms with Crippen LogP contribution in [-0.2, 0) is 15.3 Å². The van der Waals surface area contributed by atoms with E-state index in [1.807, 2.05) is 20.8 Å². The van der Waals surface area contributed by atoms with Crippen LogP contribution >= 0.6 is 11.6 Å². The molecule has 1 atom stereocenters. The summed E-state index contributed by atoms with van der Waals surface area (Å²) < 4.78 is 32.2. The second-order valence-electron chi connectivity index (χ2n) is 6.94. The van der Waals surface area contributed by atoms with Crippen LogP contribution in [0.25, 0.3) is 11.1 Å². The zero-order valence-corrected chi connectivity index (χ0v) is 16.0. The maximum atomic E-state index is 13.2. The Bertz CT molecular complexity index is 1020. The fourth-order valence-electron chi connectivity index (χ4n) is 2.48. The third kappa shape index (κ3) is 3.16. The third-order valence-corrected chi connectivity index (χ3v) is 6.53. The summed E-state index contributed by atoms with van der Waals surface area (Å²) >= 11 is 6.26. The van der Waals surface area contributed by atoms with Gasteiger partial charge in [-0.25, -0.2) is 13.4 Å². The molecule has 2 heterocycles. The molecule has 3 aromatic rings. The molecule has 0 radical (unpaired) electrons. The Morgan fingerprint density at radius 1 is 1.16 bits per heavy atom. The van der Waals surface area contributed by atoms with Crippen LogP contribution in [0.3, 0.4) is 0 Å². The van der Waals surface area contributed by atoms with Crippen molar-refractivity contribution >= 4 is 32.5 Å². The van der Waals surface area contributed by atoms with Crippen molar-refractivity contribution in [1.29, 1.82) is 0 Å². The van der Waals surface area contributed by atoms with Crippen LogP contribution in [0.5, 0.6) is 0 Å². The maximum Gasteiger partial charge on any atom is 0.200 e. The van der Waals surface area contributed by atoms with E-state index in [0.717, 1.165) is 0 Å². The lowest BCUT2D eigenvalue weighted by atomic mass is 9.97. The molecule has 0 aliphatic heterocycles. The van der Waals surface area contributed by atoms with Gasteiger partial charge >= 0.3 is 0 Å². The van der Waals surface area contributed by atoms with Crippen LogP contribution in [0.2, 0.25) is 5.02 Å². The van der Waals surface area contributed by atoms with Crippen molar-refractivity contribution in [2.45, 2.75) is 43.3 Å². The van der Waals surface area contributed by atoms with Gasteiger partial charge in [0.2, 0.25) is 5.89 Å². The normalized spacial score (nSPS) is 14.0. The first-order chi connectivity index (χ1) is 11.6. The number of rotatable bonds is 3. The number of halogens is 1. The van der Waals surface area contributed by atoms with Crippen molar-refractivity contribution in [3.05, 3.63) is 53.1 Å². The minimum Gasteiger partial charge on any atom is -0.439 e. The van der Waals surface area contributed by atoms with E-state index >= 15 is 0 Å². The lowest BCUT2D eigenvalue weighted by Gasteiger charge is -2.14. The number of nitrogens with zero attached hydrogens (tertiary/aromatic N) is 2. The van der Waals surface area contributed by atoms with E-state index in [4.69, 9.17) is 16.0 Å². The maximum absolute atomic E-state index is 13.2. The first-order valence-corrected chi connectivity index (χ1v) is 9.79. The van der Waals surface area contributed by atoms with Gasteiger partial charge in [0.15, 0.2) is 15.4 Å². The number of sulfone groups is 1. The van der Waals surface area contributed by atoms with Gasteiger partial charge in [-0.2, -0.15) is 0 Å². The Labute approximate surface area is 152 Å². The molecular formula is C18H19ClN2O3S. The minimum absolute atomic E-state index is 0.0344. The first-order valence-electron chi connectivity index (χ1n) is 7.86. The Morgan fingerprint density at radius 2 is 1.88 bits per heavy atom. The summed E-state index contributed by atoms with van der Waals surface area (Å²) in [6.45, 7) is 7.44. The predicted molar refractivity (Wildman–Crippen MR) is 97.6 cm³/mol. The molecule has 0 saturated carbocycles. The molecule has 132 valence electrons. The van der Waals surface area contributed by atoms with Crippen molar-refractivity contribution < 1.29 is 12.8 Å². The molecule has 0 amide bonds. The van der Waals surface area contributed by atoms with Gasteiger partial charge in [0.05, 0.1) is 10.7 Å². The van der Waals surface area contributed by atoms with Gasteiger partial charge in [0.1, 0.15) is 15.7 Å². The molecule has 0 saturated heterocycles. The SMILES string of the molecule is CC(c1ccccn1)S(=O)(=O)c1c(Cl)ccc2nc(C(C)(C)C)oc12. The summed E-state index contributed by atoms with van der Waals surface area (Å²) in [4.78, 5) is 8.55. The van der Waals surface area contributed by atoms with Gasteiger partial charge in [0.25, 0.3) is 0 Å². The number of pyridine rings is 1. The lowest BCUT2D eigenvalue weighted by Crippen LogP contribution is -2.13. The van der Waals surface area contributed by atoms with Crippen molar-refractivity contribution in [2.75, 3.05) is 0 Å². The molecule has 0 aliphatic rings. The third-order valence-electron chi connectivity index (χ3n) is 3.96. The Morgan fingerprint density at radius 3 is 2.48 bits per heavy atom. The van der Waals surface area contributed by atoms with Crippen molar-refractivity contribution in [1.82, 2.24) is 9.97 Å². The predicted octanol–water partition coefficient (Wildman–Crippen LogP) is 4.71. The molecule has 7 heteroatoms. The average Bonchev–Trinajstić information content (AvgIpc) is 2.98. The lowest BCUT2D eigenvalue weighted by molar-refractivity contribution is 0.408. The molecule has 1 aromatic carbocycles. The summed E-state index contributed by atoms with van der Waals surface area (Å²) in [5.41, 5.74) is 0.770. The standard InChI is InChI=1S/C18H19ClN2O3S/c1-11(13-7-5-6-10-20-13)25(22,23)16-12(19)8-9-14-15(16)24-17(21-14)18(2,3)4/h5-11H,1-4H3. The molecule has 0 fully saturated rings. The summed E-state index contributed by atoms with van der Waals surface area (Å²) in [6, 6.07) is 8.38. The highest BCUT2D eigenvalue weighted by molar-refractivity contribution is 7.92. The number of oxazole rings is 1. The van der Waals surface area contributed by atoms with E-state index in [0.29, 0.717) is 17.1 Å². The Hall–Kier alpha value is -1.92. The molecule has 0 aliphatic carbocycles. The fraction of sp³-hybridized carbons (Fsp3) is 0.333. The second kappa shape index (κ2) is 6.11. The first kappa shape index (κ1) is 17.9. The van der Waals surface area contributed by atoms with Gasteiger partial charge in [-0.3, -0.25) is 4.98 Å². The van der Waals surface area contributed by atoms with Crippen molar-refractivity contribution in [3.8, 4) is 0 Å². The van der Waals surface area contributed by atoms with Crippen LogP contribution in [0.15, 0.2) is 45.8 Å². The Balaban J connectivity index is 2.23. The Kier molecular flexibility index (Phi) is 4.37. The zero-order valence-electron chi connectivity index (χ0n) is 14.4. The molecule has 25 heavy (non-hydrogen) atoms. The van der Waals surface area contributed by atoms with Crippen LogP contribution in [-0.4, -0.2) is 18.4 Å². The quantitative estimate of drug-likeness (QED) is 0.659. The summed E-state index contributed by atoms with van der Waals surface area (Å²) in [5.74, 6) is 0.465. The number of aromatic nitrogens is 2. The average molecular weight is 379 g/mol. The molecule has 0 spiro atoms. The number of hydrogen-bond donors (Lipinski definition) is 0. The van der Waals surface area contributed by atoms with Crippen LogP contribution in [0, 0.1) is 0 Å². The van der Waals surface area contributed by atoms with Gasteiger partial charge in [0, 0.05) is 11.6 Å². The monoisotopic (exact) mass is 378 g/mol. The van der Waals surface area contributed by atoms with Crippen molar-refractivity contribution in [2.24, 2.45) is 0 Å². The number of hydrogen-bond acceptors (Lipinski definition) is 5. The smallest absolute Gasteiger partial charge is 0.200 e. The van der Waals surface area contributed by atoms with E-state index in [2.05, 4.69) is 9.97 Å². The van der Waals surface area contributed by atoms with E-state index in [1.54, 1.807) is 37.4 Å². The molecular weight excluding hydrogens is 360 g/mol. The minimum atomic E-state index is -3.81. The van der Waals surface area contributed by atoms with Gasteiger partial charge in [-0.15, -0.1) is 0 Å². The zero-order chi connectivity index (χ0) is 18.4. The van der Waals surface area contributed by atoms with Crippen LogP contribution < -0.4 is 0 Å². The molecule has 0 N–H and O–H groups in total. The van der Waals surface area contributed by atoms with Crippen LogP contribution in [0.4, 0.5) is 0 Å². The molecule has 3 rings (SSSR count). The highest BCUT2D eigenvalue weighted by Crippen LogP contribution is 2.38. The van der Waals surface area contributed by atoms with E-state index in [9.17, 15) is 8.42 Å². The van der Waals surface area contributed by atoms with Gasteiger partial charge < -0.3 is 4.42 Å². The van der Waals surface area contributed by atoms with E-state index < -0.39 is 15.1 Å². The molecule has 1 unspecified atom stereocenters. The number of fused-ring (bicyclic) bond motifs is 1. The molecule has 5 nitrogen and oxygen atoms in total. The van der Waals surface area contributed by atoms with Crippen molar-refractivity contribution in [3.63, 3.8) is 0 Å².